The molecule has 4 heteroatoms. The predicted octanol–water partition coefficient (Wildman–Crippen LogP) is 3.30. The number of rotatable bonds is 5. The average molecular weight is 312 g/mol. The molecule has 1 saturated heterocycles. The van der Waals surface area contributed by atoms with Gasteiger partial charge in [0, 0.05) is 17.6 Å². The van der Waals surface area contributed by atoms with E-state index in [1.807, 2.05) is 13.0 Å². The van der Waals surface area contributed by atoms with Crippen molar-refractivity contribution in [2.45, 2.75) is 26.7 Å². The van der Waals surface area contributed by atoms with Crippen molar-refractivity contribution in [3.05, 3.63) is 22.3 Å². The molecule has 1 N–H and O–H groups in total. The van der Waals surface area contributed by atoms with E-state index in [1.165, 1.54) is 32.5 Å². The summed E-state index contributed by atoms with van der Waals surface area (Å²) in [7, 11) is 0. The zero-order valence-electron chi connectivity index (χ0n) is 11.2. The van der Waals surface area contributed by atoms with Crippen LogP contribution in [0.5, 0.6) is 0 Å². The van der Waals surface area contributed by atoms with Crippen molar-refractivity contribution in [1.29, 1.82) is 0 Å². The molecule has 1 aliphatic rings. The Morgan fingerprint density at radius 1 is 1.39 bits per heavy atom. The molecule has 1 aliphatic heterocycles. The van der Waals surface area contributed by atoms with Gasteiger partial charge >= 0.3 is 0 Å². The Balaban J connectivity index is 1.77. The van der Waals surface area contributed by atoms with Gasteiger partial charge in [0.25, 0.3) is 0 Å². The number of nitrogens with zero attached hydrogens (tertiary/aromatic N) is 2. The van der Waals surface area contributed by atoms with Crippen LogP contribution < -0.4 is 5.32 Å². The standard InChI is InChI=1S/C14H22BrN3/c1-11(10-18-7-3-4-8-18)9-16-14-6-5-13(15)12(2)17-14/h5-6,11H,3-4,7-10H2,1-2H3,(H,16,17). The lowest BCUT2D eigenvalue weighted by atomic mass is 10.1. The molecular formula is C14H22BrN3. The largest absolute Gasteiger partial charge is 0.370 e. The molecule has 0 bridgehead atoms. The summed E-state index contributed by atoms with van der Waals surface area (Å²) in [6, 6.07) is 4.08. The van der Waals surface area contributed by atoms with Gasteiger partial charge in [0.15, 0.2) is 0 Å². The predicted molar refractivity (Wildman–Crippen MR) is 80.0 cm³/mol. The third-order valence-electron chi connectivity index (χ3n) is 3.42. The zero-order chi connectivity index (χ0) is 13.0. The third-order valence-corrected chi connectivity index (χ3v) is 4.26. The van der Waals surface area contributed by atoms with E-state index in [9.17, 15) is 0 Å². The highest BCUT2D eigenvalue weighted by molar-refractivity contribution is 9.10. The maximum Gasteiger partial charge on any atom is 0.126 e. The van der Waals surface area contributed by atoms with Crippen LogP contribution >= 0.6 is 15.9 Å². The first-order chi connectivity index (χ1) is 8.65. The monoisotopic (exact) mass is 311 g/mol. The maximum atomic E-state index is 4.50. The van der Waals surface area contributed by atoms with Crippen LogP contribution in [0.25, 0.3) is 0 Å². The minimum absolute atomic E-state index is 0.661. The number of aromatic nitrogens is 1. The number of nitrogens with one attached hydrogen (secondary N) is 1. The molecule has 1 unspecified atom stereocenters. The van der Waals surface area contributed by atoms with E-state index in [2.05, 4.69) is 44.1 Å². The Bertz CT molecular complexity index is 389. The van der Waals surface area contributed by atoms with Crippen molar-refractivity contribution in [1.82, 2.24) is 9.88 Å². The van der Waals surface area contributed by atoms with Gasteiger partial charge < -0.3 is 10.2 Å². The second-order valence-corrected chi connectivity index (χ2v) is 6.11. The smallest absolute Gasteiger partial charge is 0.126 e. The molecule has 18 heavy (non-hydrogen) atoms. The first-order valence-corrected chi connectivity index (χ1v) is 7.54. The van der Waals surface area contributed by atoms with Crippen LogP contribution in [-0.4, -0.2) is 36.1 Å². The van der Waals surface area contributed by atoms with Crippen molar-refractivity contribution >= 4 is 21.7 Å². The van der Waals surface area contributed by atoms with Crippen LogP contribution in [0.3, 0.4) is 0 Å². The molecule has 2 rings (SSSR count). The highest BCUT2D eigenvalue weighted by Crippen LogP contribution is 2.16. The average Bonchev–Trinajstić information content (AvgIpc) is 2.83. The summed E-state index contributed by atoms with van der Waals surface area (Å²) in [6.07, 6.45) is 2.74. The van der Waals surface area contributed by atoms with E-state index < -0.39 is 0 Å². The number of hydrogen-bond acceptors (Lipinski definition) is 3. The van der Waals surface area contributed by atoms with Gasteiger partial charge in [0.2, 0.25) is 0 Å². The van der Waals surface area contributed by atoms with Gasteiger partial charge in [-0.3, -0.25) is 0 Å². The molecule has 0 radical (unpaired) electrons. The van der Waals surface area contributed by atoms with Crippen LogP contribution in [0.15, 0.2) is 16.6 Å². The second kappa shape index (κ2) is 6.53. The van der Waals surface area contributed by atoms with E-state index in [0.29, 0.717) is 5.92 Å². The van der Waals surface area contributed by atoms with Crippen molar-refractivity contribution < 1.29 is 0 Å². The quantitative estimate of drug-likeness (QED) is 0.904. The Labute approximate surface area is 118 Å². The molecule has 1 aromatic heterocycles. The Morgan fingerprint density at radius 2 is 2.11 bits per heavy atom. The minimum Gasteiger partial charge on any atom is -0.370 e. The van der Waals surface area contributed by atoms with Gasteiger partial charge in [-0.15, -0.1) is 0 Å². The zero-order valence-corrected chi connectivity index (χ0v) is 12.8. The minimum atomic E-state index is 0.661. The molecule has 0 saturated carbocycles. The molecule has 1 atom stereocenters. The molecule has 1 aromatic rings. The first kappa shape index (κ1) is 13.8. The van der Waals surface area contributed by atoms with Crippen molar-refractivity contribution in [3.63, 3.8) is 0 Å². The van der Waals surface area contributed by atoms with Gasteiger partial charge in [0.05, 0.1) is 5.69 Å². The van der Waals surface area contributed by atoms with Crippen LogP contribution in [0.4, 0.5) is 5.82 Å². The van der Waals surface area contributed by atoms with E-state index in [4.69, 9.17) is 0 Å². The van der Waals surface area contributed by atoms with Crippen molar-refractivity contribution in [3.8, 4) is 0 Å². The van der Waals surface area contributed by atoms with Crippen molar-refractivity contribution in [2.75, 3.05) is 31.5 Å². The Morgan fingerprint density at radius 3 is 2.78 bits per heavy atom. The third kappa shape index (κ3) is 3.95. The fraction of sp³-hybridized carbons (Fsp3) is 0.643. The topological polar surface area (TPSA) is 28.2 Å². The number of hydrogen-bond donors (Lipinski definition) is 1. The summed E-state index contributed by atoms with van der Waals surface area (Å²) in [5.41, 5.74) is 1.03. The summed E-state index contributed by atoms with van der Waals surface area (Å²) in [4.78, 5) is 7.07. The molecule has 0 spiro atoms. The summed E-state index contributed by atoms with van der Waals surface area (Å²) < 4.78 is 1.07. The summed E-state index contributed by atoms with van der Waals surface area (Å²) in [6.45, 7) is 9.06. The lowest BCUT2D eigenvalue weighted by Gasteiger charge is -2.20. The molecular weight excluding hydrogens is 290 g/mol. The molecule has 100 valence electrons. The summed E-state index contributed by atoms with van der Waals surface area (Å²) in [5, 5.41) is 3.43. The van der Waals surface area contributed by atoms with E-state index in [1.54, 1.807) is 0 Å². The van der Waals surface area contributed by atoms with Crippen LogP contribution in [0.2, 0.25) is 0 Å². The fourth-order valence-corrected chi connectivity index (χ4v) is 2.61. The fourth-order valence-electron chi connectivity index (χ4n) is 2.39. The number of aryl methyl sites for hydroxylation is 1. The summed E-state index contributed by atoms with van der Waals surface area (Å²) >= 11 is 3.47. The number of anilines is 1. The lowest BCUT2D eigenvalue weighted by molar-refractivity contribution is 0.294. The van der Waals surface area contributed by atoms with E-state index in [-0.39, 0.29) is 0 Å². The molecule has 0 aliphatic carbocycles. The van der Waals surface area contributed by atoms with Gasteiger partial charge in [-0.05, 0) is 66.8 Å². The van der Waals surface area contributed by atoms with Gasteiger partial charge in [-0.25, -0.2) is 4.98 Å². The highest BCUT2D eigenvalue weighted by atomic mass is 79.9. The van der Waals surface area contributed by atoms with E-state index >= 15 is 0 Å². The van der Waals surface area contributed by atoms with Crippen LogP contribution in [-0.2, 0) is 0 Å². The van der Waals surface area contributed by atoms with Gasteiger partial charge in [0.1, 0.15) is 5.82 Å². The molecule has 0 amide bonds. The summed E-state index contributed by atoms with van der Waals surface area (Å²) in [5.74, 6) is 1.64. The Kier molecular flexibility index (Phi) is 5.01. The molecule has 0 aromatic carbocycles. The maximum absolute atomic E-state index is 4.50. The first-order valence-electron chi connectivity index (χ1n) is 6.74. The van der Waals surface area contributed by atoms with Crippen LogP contribution in [0.1, 0.15) is 25.5 Å². The SMILES string of the molecule is Cc1nc(NCC(C)CN2CCCC2)ccc1Br. The lowest BCUT2D eigenvalue weighted by Crippen LogP contribution is -2.29. The number of pyridine rings is 1. The van der Waals surface area contributed by atoms with Gasteiger partial charge in [-0.1, -0.05) is 6.92 Å². The molecule has 1 fully saturated rings. The van der Waals surface area contributed by atoms with Gasteiger partial charge in [-0.2, -0.15) is 0 Å². The van der Waals surface area contributed by atoms with Crippen LogP contribution in [0, 0.1) is 12.8 Å². The Hall–Kier alpha value is -0.610. The van der Waals surface area contributed by atoms with E-state index in [0.717, 1.165) is 22.5 Å². The number of likely N-dealkylation sites (tertiary alicyclic amines) is 1. The normalized spacial score (nSPS) is 17.9. The highest BCUT2D eigenvalue weighted by Gasteiger charge is 2.14. The van der Waals surface area contributed by atoms with Crippen molar-refractivity contribution in [2.24, 2.45) is 5.92 Å². The molecule has 3 nitrogen and oxygen atoms in total. The second-order valence-electron chi connectivity index (χ2n) is 5.26. The molecule has 2 heterocycles. The number of halogens is 1.